The quantitative estimate of drug-likeness (QED) is 0.714. The number of aromatic amines is 1. The lowest BCUT2D eigenvalue weighted by atomic mass is 9.70. The largest absolute Gasteiger partial charge is 0.335 e. The number of nitrogens with zero attached hydrogens (tertiary/aromatic N) is 2. The minimum atomic E-state index is -0.108. The number of H-pyrrole nitrogens is 1. The Kier molecular flexibility index (Phi) is 1.89. The number of aryl methyl sites for hydroxylation is 1. The zero-order valence-corrected chi connectivity index (χ0v) is 9.36. The summed E-state index contributed by atoms with van der Waals surface area (Å²) < 4.78 is 0. The second-order valence-electron chi connectivity index (χ2n) is 5.08. The molecule has 2 aliphatic rings. The highest BCUT2D eigenvalue weighted by atomic mass is 16.2. The summed E-state index contributed by atoms with van der Waals surface area (Å²) in [5, 5.41) is 6.64. The third-order valence-electron chi connectivity index (χ3n) is 4.03. The number of carbonyl (C=O) groups excluding carboxylic acids is 1. The van der Waals surface area contributed by atoms with Gasteiger partial charge in [0.05, 0.1) is 6.20 Å². The molecule has 1 amide bonds. The molecule has 16 heavy (non-hydrogen) atoms. The third-order valence-corrected chi connectivity index (χ3v) is 4.03. The lowest BCUT2D eigenvalue weighted by molar-refractivity contribution is 0.0778. The van der Waals surface area contributed by atoms with Gasteiger partial charge in [-0.2, -0.15) is 5.10 Å². The van der Waals surface area contributed by atoms with Crippen LogP contribution in [0.2, 0.25) is 0 Å². The molecular formula is C11H16N4O. The summed E-state index contributed by atoms with van der Waals surface area (Å²) in [5.74, 6) is 0.536. The Balaban J connectivity index is 1.80. The van der Waals surface area contributed by atoms with Gasteiger partial charge < -0.3 is 10.6 Å². The van der Waals surface area contributed by atoms with E-state index in [0.717, 1.165) is 24.9 Å². The smallest absolute Gasteiger partial charge is 0.272 e. The molecule has 5 heteroatoms. The second kappa shape index (κ2) is 3.07. The molecule has 1 saturated heterocycles. The van der Waals surface area contributed by atoms with Gasteiger partial charge in [-0.05, 0) is 31.2 Å². The molecule has 5 nitrogen and oxygen atoms in total. The normalized spacial score (nSPS) is 32.4. The van der Waals surface area contributed by atoms with Gasteiger partial charge in [0.2, 0.25) is 0 Å². The minimum Gasteiger partial charge on any atom is -0.335 e. The van der Waals surface area contributed by atoms with E-state index in [4.69, 9.17) is 5.73 Å². The van der Waals surface area contributed by atoms with Crippen molar-refractivity contribution in [1.29, 1.82) is 0 Å². The fourth-order valence-corrected chi connectivity index (χ4v) is 2.76. The van der Waals surface area contributed by atoms with Crippen molar-refractivity contribution in [3.05, 3.63) is 17.5 Å². The fourth-order valence-electron chi connectivity index (χ4n) is 2.76. The van der Waals surface area contributed by atoms with Crippen LogP contribution < -0.4 is 5.73 Å². The number of hydrogen-bond acceptors (Lipinski definition) is 3. The molecule has 86 valence electrons. The summed E-state index contributed by atoms with van der Waals surface area (Å²) in [7, 11) is 0. The van der Waals surface area contributed by atoms with Crippen LogP contribution in [0.3, 0.4) is 0 Å². The van der Waals surface area contributed by atoms with Crippen molar-refractivity contribution >= 4 is 5.91 Å². The maximum Gasteiger partial charge on any atom is 0.272 e. The molecule has 0 radical (unpaired) electrons. The van der Waals surface area contributed by atoms with Crippen LogP contribution in [-0.4, -0.2) is 39.6 Å². The minimum absolute atomic E-state index is 0.0363. The number of amides is 1. The van der Waals surface area contributed by atoms with E-state index in [1.54, 1.807) is 6.20 Å². The predicted octanol–water partition coefficient (Wildman–Crippen LogP) is 0.281. The van der Waals surface area contributed by atoms with Crippen LogP contribution in [0.4, 0.5) is 0 Å². The number of carbonyl (C=O) groups is 1. The van der Waals surface area contributed by atoms with E-state index in [1.807, 2.05) is 11.8 Å². The van der Waals surface area contributed by atoms with Crippen LogP contribution in [0, 0.1) is 12.8 Å². The highest BCUT2D eigenvalue weighted by Crippen LogP contribution is 2.42. The molecule has 1 aromatic heterocycles. The summed E-state index contributed by atoms with van der Waals surface area (Å²) in [5.41, 5.74) is 7.60. The maximum atomic E-state index is 12.2. The molecule has 2 fully saturated rings. The Morgan fingerprint density at radius 2 is 2.56 bits per heavy atom. The number of likely N-dealkylation sites (tertiary alicyclic amines) is 1. The monoisotopic (exact) mass is 220 g/mol. The van der Waals surface area contributed by atoms with Gasteiger partial charge in [0, 0.05) is 18.6 Å². The van der Waals surface area contributed by atoms with Crippen molar-refractivity contribution in [3.8, 4) is 0 Å². The number of nitrogens with two attached hydrogens (primary N) is 1. The summed E-state index contributed by atoms with van der Waals surface area (Å²) in [6.07, 6.45) is 3.88. The van der Waals surface area contributed by atoms with Gasteiger partial charge in [-0.15, -0.1) is 0 Å². The number of fused-ring (bicyclic) bond motifs is 1. The molecule has 3 N–H and O–H groups in total. The molecule has 1 aliphatic heterocycles. The van der Waals surface area contributed by atoms with Crippen LogP contribution >= 0.6 is 0 Å². The Labute approximate surface area is 94.0 Å². The fraction of sp³-hybridized carbons (Fsp3) is 0.636. The molecule has 0 unspecified atom stereocenters. The van der Waals surface area contributed by atoms with Gasteiger partial charge in [0.25, 0.3) is 5.91 Å². The zero-order chi connectivity index (χ0) is 11.3. The molecule has 2 atom stereocenters. The molecule has 0 spiro atoms. The zero-order valence-electron chi connectivity index (χ0n) is 9.36. The lowest BCUT2D eigenvalue weighted by Crippen LogP contribution is -2.54. The van der Waals surface area contributed by atoms with Gasteiger partial charge in [-0.25, -0.2) is 0 Å². The van der Waals surface area contributed by atoms with Gasteiger partial charge in [-0.3, -0.25) is 9.89 Å². The molecule has 1 aliphatic carbocycles. The Morgan fingerprint density at radius 1 is 1.75 bits per heavy atom. The van der Waals surface area contributed by atoms with Gasteiger partial charge in [-0.1, -0.05) is 0 Å². The Bertz CT molecular complexity index is 441. The molecule has 2 heterocycles. The summed E-state index contributed by atoms with van der Waals surface area (Å²) in [6.45, 7) is 3.38. The average Bonchev–Trinajstić information content (AvgIpc) is 2.75. The third kappa shape index (κ3) is 1.21. The van der Waals surface area contributed by atoms with E-state index >= 15 is 0 Å². The highest BCUT2D eigenvalue weighted by molar-refractivity contribution is 5.93. The first-order valence-corrected chi connectivity index (χ1v) is 5.68. The van der Waals surface area contributed by atoms with Crippen molar-refractivity contribution in [2.24, 2.45) is 11.7 Å². The number of nitrogens with one attached hydrogen (secondary N) is 1. The van der Waals surface area contributed by atoms with Crippen LogP contribution in [-0.2, 0) is 0 Å². The van der Waals surface area contributed by atoms with E-state index in [1.165, 1.54) is 0 Å². The molecule has 0 aromatic carbocycles. The topological polar surface area (TPSA) is 75.0 Å². The second-order valence-corrected chi connectivity index (χ2v) is 5.08. The number of hydrogen-bond donors (Lipinski definition) is 2. The van der Waals surface area contributed by atoms with Crippen LogP contribution in [0.15, 0.2) is 6.20 Å². The molecule has 0 bridgehead atoms. The van der Waals surface area contributed by atoms with E-state index in [9.17, 15) is 4.79 Å². The Morgan fingerprint density at radius 3 is 3.00 bits per heavy atom. The van der Waals surface area contributed by atoms with E-state index in [0.29, 0.717) is 18.2 Å². The molecule has 1 saturated carbocycles. The Hall–Kier alpha value is -1.36. The predicted molar refractivity (Wildman–Crippen MR) is 58.9 cm³/mol. The van der Waals surface area contributed by atoms with E-state index < -0.39 is 0 Å². The first-order valence-electron chi connectivity index (χ1n) is 5.68. The average molecular weight is 220 g/mol. The van der Waals surface area contributed by atoms with Crippen molar-refractivity contribution in [2.75, 3.05) is 13.1 Å². The first-order chi connectivity index (χ1) is 7.60. The molecular weight excluding hydrogens is 204 g/mol. The number of aromatic nitrogens is 2. The first kappa shape index (κ1) is 9.84. The van der Waals surface area contributed by atoms with E-state index in [-0.39, 0.29) is 11.4 Å². The number of rotatable bonds is 1. The van der Waals surface area contributed by atoms with Crippen LogP contribution in [0.5, 0.6) is 0 Å². The molecule has 3 rings (SSSR count). The maximum absolute atomic E-state index is 12.2. The van der Waals surface area contributed by atoms with Crippen LogP contribution in [0.25, 0.3) is 0 Å². The van der Waals surface area contributed by atoms with Crippen LogP contribution in [0.1, 0.15) is 28.9 Å². The summed E-state index contributed by atoms with van der Waals surface area (Å²) in [4.78, 5) is 14.0. The van der Waals surface area contributed by atoms with Crippen molar-refractivity contribution in [3.63, 3.8) is 0 Å². The van der Waals surface area contributed by atoms with Crippen molar-refractivity contribution in [2.45, 2.75) is 25.3 Å². The SMILES string of the molecule is Cc1cn[nH]c1C(=O)N1C[C@@H]2CC[C@]2(N)C1. The van der Waals surface area contributed by atoms with Crippen molar-refractivity contribution in [1.82, 2.24) is 15.1 Å². The highest BCUT2D eigenvalue weighted by Gasteiger charge is 2.51. The standard InChI is InChI=1S/C11H16N4O/c1-7-4-13-14-9(7)10(16)15-5-8-2-3-11(8,12)6-15/h4,8H,2-3,5-6,12H2,1H3,(H,13,14)/t8-,11-/m0/s1. The summed E-state index contributed by atoms with van der Waals surface area (Å²) in [6, 6.07) is 0. The molecule has 1 aromatic rings. The summed E-state index contributed by atoms with van der Waals surface area (Å²) >= 11 is 0. The van der Waals surface area contributed by atoms with Gasteiger partial charge in [0.15, 0.2) is 0 Å². The van der Waals surface area contributed by atoms with Gasteiger partial charge >= 0.3 is 0 Å². The van der Waals surface area contributed by atoms with E-state index in [2.05, 4.69) is 10.2 Å². The van der Waals surface area contributed by atoms with Gasteiger partial charge in [0.1, 0.15) is 5.69 Å². The van der Waals surface area contributed by atoms with Crippen molar-refractivity contribution < 1.29 is 4.79 Å². The lowest BCUT2D eigenvalue weighted by Gasteiger charge is -2.39.